The van der Waals surface area contributed by atoms with Gasteiger partial charge in [-0.25, -0.2) is 4.52 Å². The molecule has 7 heteroatoms. The molecule has 0 bridgehead atoms. The van der Waals surface area contributed by atoms with E-state index in [2.05, 4.69) is 23.1 Å². The van der Waals surface area contributed by atoms with Crippen molar-refractivity contribution in [3.63, 3.8) is 0 Å². The highest BCUT2D eigenvalue weighted by molar-refractivity contribution is 6.06. The van der Waals surface area contributed by atoms with E-state index in [1.54, 1.807) is 19.2 Å². The van der Waals surface area contributed by atoms with Crippen molar-refractivity contribution in [1.82, 2.24) is 19.2 Å². The van der Waals surface area contributed by atoms with Gasteiger partial charge in [0.05, 0.1) is 29.6 Å². The van der Waals surface area contributed by atoms with Crippen LogP contribution in [-0.4, -0.2) is 32.1 Å². The average Bonchev–Trinajstić information content (AvgIpc) is 3.21. The summed E-state index contributed by atoms with van der Waals surface area (Å²) in [5.41, 5.74) is 6.35. The lowest BCUT2D eigenvalue weighted by molar-refractivity contribution is 0.0983. The Balaban J connectivity index is 1.77. The van der Waals surface area contributed by atoms with E-state index in [1.165, 1.54) is 7.11 Å². The molecule has 0 fully saturated rings. The molecule has 0 unspecified atom stereocenters. The Morgan fingerprint density at radius 1 is 1.19 bits per heavy atom. The first-order valence-electron chi connectivity index (χ1n) is 10.2. The molecule has 7 nitrogen and oxygen atoms in total. The second kappa shape index (κ2) is 7.91. The van der Waals surface area contributed by atoms with Gasteiger partial charge in [-0.2, -0.15) is 5.10 Å². The molecule has 4 aromatic heterocycles. The summed E-state index contributed by atoms with van der Waals surface area (Å²) in [7, 11) is 3.52. The summed E-state index contributed by atoms with van der Waals surface area (Å²) in [5, 5.41) is 4.53. The van der Waals surface area contributed by atoms with Crippen LogP contribution in [0.1, 0.15) is 39.2 Å². The number of aromatic amines is 1. The summed E-state index contributed by atoms with van der Waals surface area (Å²) in [4.78, 5) is 28.6. The number of rotatable bonds is 6. The monoisotopic (exact) mass is 418 g/mol. The number of hydrogen-bond acceptors (Lipinski definition) is 4. The maximum Gasteiger partial charge on any atom is 0.255 e. The minimum Gasteiger partial charge on any atom is -0.496 e. The zero-order valence-corrected chi connectivity index (χ0v) is 18.4. The molecule has 4 heterocycles. The maximum absolute atomic E-state index is 13.4. The molecular formula is C24H26N4O3. The number of pyridine rings is 1. The number of carbonyl (C=O) groups excluding carboxylic acids is 1. The van der Waals surface area contributed by atoms with E-state index >= 15 is 0 Å². The Kier molecular flexibility index (Phi) is 5.27. The highest BCUT2D eigenvalue weighted by Crippen LogP contribution is 2.33. The maximum atomic E-state index is 13.4. The first kappa shape index (κ1) is 20.7. The molecular weight excluding hydrogens is 392 g/mol. The molecule has 0 saturated carbocycles. The summed E-state index contributed by atoms with van der Waals surface area (Å²) in [6.45, 7) is 5.81. The Bertz CT molecular complexity index is 1340. The molecule has 0 aliphatic rings. The number of methoxy groups -OCH3 is 1. The number of fused-ring (bicyclic) bond motifs is 1. The lowest BCUT2D eigenvalue weighted by Crippen LogP contribution is -2.16. The number of nitrogens with one attached hydrogen (secondary N) is 1. The van der Waals surface area contributed by atoms with Crippen LogP contribution in [0.3, 0.4) is 0 Å². The summed E-state index contributed by atoms with van der Waals surface area (Å²) in [6.07, 6.45) is 4.22. The normalized spacial score (nSPS) is 11.3. The molecule has 0 saturated heterocycles. The summed E-state index contributed by atoms with van der Waals surface area (Å²) in [6, 6.07) is 7.57. The van der Waals surface area contributed by atoms with Gasteiger partial charge in [-0.05, 0) is 62.6 Å². The van der Waals surface area contributed by atoms with Crippen molar-refractivity contribution >= 4 is 11.3 Å². The van der Waals surface area contributed by atoms with Crippen LogP contribution in [0.25, 0.3) is 16.9 Å². The van der Waals surface area contributed by atoms with Crippen LogP contribution >= 0.6 is 0 Å². The van der Waals surface area contributed by atoms with E-state index in [4.69, 9.17) is 4.74 Å². The fourth-order valence-corrected chi connectivity index (χ4v) is 4.32. The number of ketones is 1. The van der Waals surface area contributed by atoms with Crippen molar-refractivity contribution in [2.45, 2.75) is 33.6 Å². The minimum atomic E-state index is -0.218. The first-order valence-corrected chi connectivity index (χ1v) is 10.2. The Hall–Kier alpha value is -3.61. The smallest absolute Gasteiger partial charge is 0.255 e. The molecule has 0 amide bonds. The van der Waals surface area contributed by atoms with Gasteiger partial charge >= 0.3 is 0 Å². The van der Waals surface area contributed by atoms with Crippen LogP contribution in [0.4, 0.5) is 0 Å². The molecule has 0 aromatic carbocycles. The fourth-order valence-electron chi connectivity index (χ4n) is 4.32. The summed E-state index contributed by atoms with van der Waals surface area (Å²) in [5.74, 6) is 0.484. The molecule has 0 aliphatic carbocycles. The van der Waals surface area contributed by atoms with E-state index in [1.807, 2.05) is 41.4 Å². The number of aromatic nitrogens is 4. The highest BCUT2D eigenvalue weighted by atomic mass is 16.5. The van der Waals surface area contributed by atoms with Crippen LogP contribution in [0.2, 0.25) is 0 Å². The minimum absolute atomic E-state index is 0.0249. The van der Waals surface area contributed by atoms with Gasteiger partial charge in [0.2, 0.25) is 0 Å². The van der Waals surface area contributed by atoms with Crippen LogP contribution < -0.4 is 10.3 Å². The number of ether oxygens (including phenoxy) is 1. The second-order valence-electron chi connectivity index (χ2n) is 7.88. The van der Waals surface area contributed by atoms with Crippen LogP contribution in [0.15, 0.2) is 41.5 Å². The van der Waals surface area contributed by atoms with Crippen molar-refractivity contribution in [1.29, 1.82) is 0 Å². The van der Waals surface area contributed by atoms with E-state index in [0.29, 0.717) is 23.3 Å². The molecule has 31 heavy (non-hydrogen) atoms. The molecule has 0 spiro atoms. The lowest BCUT2D eigenvalue weighted by Gasteiger charge is -2.09. The number of Topliss-reactive ketones (excluding diaryl/α,β-unsaturated/α-hetero) is 1. The Labute approximate surface area is 180 Å². The number of nitrogens with zero attached hydrogens (tertiary/aromatic N) is 3. The average molecular weight is 418 g/mol. The van der Waals surface area contributed by atoms with E-state index < -0.39 is 0 Å². The molecule has 4 rings (SSSR count). The van der Waals surface area contributed by atoms with Crippen molar-refractivity contribution in [3.05, 3.63) is 75.0 Å². The second-order valence-corrected chi connectivity index (χ2v) is 7.88. The zero-order chi connectivity index (χ0) is 22.3. The van der Waals surface area contributed by atoms with Crippen molar-refractivity contribution in [2.75, 3.05) is 7.11 Å². The van der Waals surface area contributed by atoms with E-state index in [9.17, 15) is 9.59 Å². The third kappa shape index (κ3) is 3.46. The largest absolute Gasteiger partial charge is 0.496 e. The van der Waals surface area contributed by atoms with Crippen LogP contribution in [0.5, 0.6) is 5.75 Å². The number of carbonyl (C=O) groups is 1. The molecule has 4 aromatic rings. The lowest BCUT2D eigenvalue weighted by atomic mass is 9.99. The van der Waals surface area contributed by atoms with Gasteiger partial charge in [-0.1, -0.05) is 0 Å². The van der Waals surface area contributed by atoms with Crippen molar-refractivity contribution in [2.24, 2.45) is 7.05 Å². The molecule has 0 aliphatic heterocycles. The van der Waals surface area contributed by atoms with Gasteiger partial charge in [-0.3, -0.25) is 9.59 Å². The number of H-pyrrole nitrogens is 1. The standard InChI is InChI=1S/C24H26N4O3/c1-14-10-12-27(4)22(14)23-16(3)21(18-7-6-11-25-28(18)23)19(29)9-8-17-20(31-5)13-15(2)26-24(17)30/h6-7,10-13H,8-9H2,1-5H3,(H,26,30). The Morgan fingerprint density at radius 2 is 1.97 bits per heavy atom. The number of hydrogen-bond donors (Lipinski definition) is 1. The predicted molar refractivity (Wildman–Crippen MR) is 120 cm³/mol. The van der Waals surface area contributed by atoms with Gasteiger partial charge in [0.25, 0.3) is 5.56 Å². The van der Waals surface area contributed by atoms with Gasteiger partial charge in [0, 0.05) is 37.1 Å². The summed E-state index contributed by atoms with van der Waals surface area (Å²) >= 11 is 0. The fraction of sp³-hybridized carbons (Fsp3) is 0.292. The van der Waals surface area contributed by atoms with Gasteiger partial charge in [0.15, 0.2) is 5.78 Å². The van der Waals surface area contributed by atoms with Gasteiger partial charge in [-0.15, -0.1) is 0 Å². The SMILES string of the molecule is COc1cc(C)[nH]c(=O)c1CCC(=O)c1c(C)c(-c2c(C)ccn2C)n2ncccc12. The van der Waals surface area contributed by atoms with E-state index in [0.717, 1.165) is 33.7 Å². The summed E-state index contributed by atoms with van der Waals surface area (Å²) < 4.78 is 9.25. The first-order chi connectivity index (χ1) is 14.8. The third-order valence-electron chi connectivity index (χ3n) is 5.78. The number of aryl methyl sites for hydroxylation is 3. The molecule has 0 radical (unpaired) electrons. The quantitative estimate of drug-likeness (QED) is 0.483. The molecule has 160 valence electrons. The van der Waals surface area contributed by atoms with Gasteiger partial charge < -0.3 is 14.3 Å². The van der Waals surface area contributed by atoms with E-state index in [-0.39, 0.29) is 17.8 Å². The predicted octanol–water partition coefficient (Wildman–Crippen LogP) is 3.78. The van der Waals surface area contributed by atoms with Crippen molar-refractivity contribution in [3.8, 4) is 17.1 Å². The Morgan fingerprint density at radius 3 is 2.65 bits per heavy atom. The van der Waals surface area contributed by atoms with Crippen molar-refractivity contribution < 1.29 is 9.53 Å². The molecule has 1 N–H and O–H groups in total. The third-order valence-corrected chi connectivity index (χ3v) is 5.78. The van der Waals surface area contributed by atoms with Crippen LogP contribution in [-0.2, 0) is 13.5 Å². The highest BCUT2D eigenvalue weighted by Gasteiger charge is 2.24. The zero-order valence-electron chi connectivity index (χ0n) is 18.4. The molecule has 0 atom stereocenters. The van der Waals surface area contributed by atoms with Gasteiger partial charge in [0.1, 0.15) is 5.75 Å². The van der Waals surface area contributed by atoms with Crippen LogP contribution in [0, 0.1) is 20.8 Å². The topological polar surface area (TPSA) is 81.4 Å².